The van der Waals surface area contributed by atoms with Crippen LogP contribution in [-0.4, -0.2) is 48.4 Å². The van der Waals surface area contributed by atoms with E-state index in [2.05, 4.69) is 70.8 Å². The molecule has 0 spiro atoms. The first-order valence-corrected chi connectivity index (χ1v) is 8.25. The van der Waals surface area contributed by atoms with Crippen molar-refractivity contribution in [3.05, 3.63) is 16.4 Å². The molecule has 1 aromatic rings. The summed E-state index contributed by atoms with van der Waals surface area (Å²) in [5.41, 5.74) is 1.42. The molecule has 1 N–H and O–H groups in total. The van der Waals surface area contributed by atoms with Gasteiger partial charge < -0.3 is 10.2 Å². The Morgan fingerprint density at radius 1 is 1.35 bits per heavy atom. The largest absolute Gasteiger partial charge is 0.317 e. The third kappa shape index (κ3) is 5.19. The molecule has 0 aliphatic carbocycles. The van der Waals surface area contributed by atoms with E-state index in [0.29, 0.717) is 0 Å². The van der Waals surface area contributed by atoms with E-state index in [0.717, 1.165) is 37.1 Å². The molecular weight excluding hydrogens is 316 g/mol. The van der Waals surface area contributed by atoms with E-state index >= 15 is 0 Å². The SMILES string of the molecule is CCCNCCC(C)(C)c1c(Br)cnn1CCN(C)C. The summed E-state index contributed by atoms with van der Waals surface area (Å²) in [5.74, 6) is 0. The second kappa shape index (κ2) is 8.15. The lowest BCUT2D eigenvalue weighted by Gasteiger charge is -2.27. The predicted octanol–water partition coefficient (Wildman–Crippen LogP) is 2.87. The molecule has 0 aliphatic heterocycles. The van der Waals surface area contributed by atoms with Gasteiger partial charge in [0.25, 0.3) is 0 Å². The molecule has 0 unspecified atom stereocenters. The predicted molar refractivity (Wildman–Crippen MR) is 89.3 cm³/mol. The first-order valence-electron chi connectivity index (χ1n) is 7.45. The fraction of sp³-hybridized carbons (Fsp3) is 0.800. The third-order valence-electron chi connectivity index (χ3n) is 3.55. The van der Waals surface area contributed by atoms with Crippen LogP contribution >= 0.6 is 15.9 Å². The molecule has 0 fully saturated rings. The molecule has 0 aliphatic rings. The molecule has 1 rings (SSSR count). The molecule has 5 heteroatoms. The fourth-order valence-corrected chi connectivity index (χ4v) is 3.15. The number of nitrogens with one attached hydrogen (secondary N) is 1. The molecule has 0 saturated heterocycles. The van der Waals surface area contributed by atoms with E-state index in [9.17, 15) is 0 Å². The number of halogens is 1. The van der Waals surface area contributed by atoms with Crippen LogP contribution in [0.5, 0.6) is 0 Å². The van der Waals surface area contributed by atoms with Crippen molar-refractivity contribution in [3.8, 4) is 0 Å². The lowest BCUT2D eigenvalue weighted by molar-refractivity contribution is 0.350. The van der Waals surface area contributed by atoms with Gasteiger partial charge in [0.05, 0.1) is 22.9 Å². The van der Waals surface area contributed by atoms with Crippen molar-refractivity contribution in [2.24, 2.45) is 0 Å². The van der Waals surface area contributed by atoms with E-state index in [1.165, 1.54) is 12.1 Å². The smallest absolute Gasteiger partial charge is 0.0635 e. The first kappa shape index (κ1) is 17.7. The van der Waals surface area contributed by atoms with Crippen LogP contribution in [0.4, 0.5) is 0 Å². The lowest BCUT2D eigenvalue weighted by atomic mass is 9.85. The average molecular weight is 345 g/mol. The topological polar surface area (TPSA) is 33.1 Å². The van der Waals surface area contributed by atoms with Crippen molar-refractivity contribution in [3.63, 3.8) is 0 Å². The van der Waals surface area contributed by atoms with Gasteiger partial charge in [-0.15, -0.1) is 0 Å². The molecule has 0 bridgehead atoms. The Kier molecular flexibility index (Phi) is 7.20. The lowest BCUT2D eigenvalue weighted by Crippen LogP contribution is -2.30. The zero-order valence-corrected chi connectivity index (χ0v) is 15.1. The Balaban J connectivity index is 2.73. The molecule has 1 heterocycles. The van der Waals surface area contributed by atoms with Gasteiger partial charge in [0, 0.05) is 12.0 Å². The van der Waals surface area contributed by atoms with Crippen molar-refractivity contribution in [1.29, 1.82) is 0 Å². The Bertz CT molecular complexity index is 399. The highest BCUT2D eigenvalue weighted by Crippen LogP contribution is 2.32. The Morgan fingerprint density at radius 3 is 2.65 bits per heavy atom. The molecule has 0 saturated carbocycles. The Labute approximate surface area is 132 Å². The highest BCUT2D eigenvalue weighted by atomic mass is 79.9. The average Bonchev–Trinajstić information content (AvgIpc) is 2.74. The number of hydrogen-bond acceptors (Lipinski definition) is 3. The summed E-state index contributed by atoms with van der Waals surface area (Å²) in [4.78, 5) is 2.19. The van der Waals surface area contributed by atoms with Crippen molar-refractivity contribution >= 4 is 15.9 Å². The van der Waals surface area contributed by atoms with Gasteiger partial charge in [-0.2, -0.15) is 5.10 Å². The van der Waals surface area contributed by atoms with Crippen LogP contribution in [0.15, 0.2) is 10.7 Å². The molecule has 116 valence electrons. The van der Waals surface area contributed by atoms with E-state index < -0.39 is 0 Å². The maximum absolute atomic E-state index is 4.52. The second-order valence-corrected chi connectivity index (χ2v) is 7.11. The van der Waals surface area contributed by atoms with Crippen LogP contribution in [0.3, 0.4) is 0 Å². The van der Waals surface area contributed by atoms with Gasteiger partial charge in [-0.3, -0.25) is 4.68 Å². The first-order chi connectivity index (χ1) is 9.38. The zero-order chi connectivity index (χ0) is 15.2. The second-order valence-electron chi connectivity index (χ2n) is 6.25. The monoisotopic (exact) mass is 344 g/mol. The summed E-state index contributed by atoms with van der Waals surface area (Å²) >= 11 is 3.67. The third-order valence-corrected chi connectivity index (χ3v) is 4.13. The maximum Gasteiger partial charge on any atom is 0.0635 e. The number of likely N-dealkylation sites (N-methyl/N-ethyl adjacent to an activating group) is 1. The molecule has 0 radical (unpaired) electrons. The summed E-state index contributed by atoms with van der Waals surface area (Å²) in [6, 6.07) is 0. The highest BCUT2D eigenvalue weighted by Gasteiger charge is 2.27. The van der Waals surface area contributed by atoms with E-state index in [1.54, 1.807) is 0 Å². The standard InChI is InChI=1S/C15H29BrN4/c1-6-8-17-9-7-15(2,3)14-13(16)12-18-20(14)11-10-19(4)5/h12,17H,6-11H2,1-5H3. The minimum atomic E-state index is 0.113. The number of nitrogens with zero attached hydrogens (tertiary/aromatic N) is 3. The minimum absolute atomic E-state index is 0.113. The quantitative estimate of drug-likeness (QED) is 0.699. The van der Waals surface area contributed by atoms with Crippen molar-refractivity contribution < 1.29 is 0 Å². The number of hydrogen-bond donors (Lipinski definition) is 1. The summed E-state index contributed by atoms with van der Waals surface area (Å²) in [5, 5.41) is 8.01. The van der Waals surface area contributed by atoms with Crippen LogP contribution in [-0.2, 0) is 12.0 Å². The molecule has 0 atom stereocenters. The number of rotatable bonds is 9. The molecule has 0 amide bonds. The van der Waals surface area contributed by atoms with Gasteiger partial charge in [-0.05, 0) is 56.0 Å². The van der Waals surface area contributed by atoms with Crippen molar-refractivity contribution in [2.75, 3.05) is 33.7 Å². The van der Waals surface area contributed by atoms with Gasteiger partial charge in [0.15, 0.2) is 0 Å². The van der Waals surface area contributed by atoms with Crippen LogP contribution in [0.25, 0.3) is 0 Å². The van der Waals surface area contributed by atoms with Crippen LogP contribution in [0, 0.1) is 0 Å². The highest BCUT2D eigenvalue weighted by molar-refractivity contribution is 9.10. The minimum Gasteiger partial charge on any atom is -0.317 e. The number of aromatic nitrogens is 2. The van der Waals surface area contributed by atoms with Gasteiger partial charge in [-0.25, -0.2) is 0 Å². The van der Waals surface area contributed by atoms with Crippen molar-refractivity contribution in [1.82, 2.24) is 20.0 Å². The van der Waals surface area contributed by atoms with Gasteiger partial charge in [0.2, 0.25) is 0 Å². The molecule has 20 heavy (non-hydrogen) atoms. The summed E-state index contributed by atoms with van der Waals surface area (Å²) in [7, 11) is 4.19. The summed E-state index contributed by atoms with van der Waals surface area (Å²) in [6.45, 7) is 10.9. The Hall–Kier alpha value is -0.390. The Morgan fingerprint density at radius 2 is 2.05 bits per heavy atom. The van der Waals surface area contributed by atoms with Gasteiger partial charge in [0.1, 0.15) is 0 Å². The summed E-state index contributed by atoms with van der Waals surface area (Å²) in [6.07, 6.45) is 4.22. The molecular formula is C15H29BrN4. The molecule has 4 nitrogen and oxygen atoms in total. The molecule has 1 aromatic heterocycles. The summed E-state index contributed by atoms with van der Waals surface area (Å²) < 4.78 is 3.26. The normalized spacial score (nSPS) is 12.3. The van der Waals surface area contributed by atoms with Crippen molar-refractivity contribution in [2.45, 2.75) is 45.6 Å². The van der Waals surface area contributed by atoms with Crippen LogP contribution in [0.2, 0.25) is 0 Å². The zero-order valence-electron chi connectivity index (χ0n) is 13.5. The van der Waals surface area contributed by atoms with Crippen LogP contribution in [0.1, 0.15) is 39.3 Å². The molecule has 0 aromatic carbocycles. The van der Waals surface area contributed by atoms with E-state index in [1.807, 2.05) is 6.20 Å². The fourth-order valence-electron chi connectivity index (χ4n) is 2.32. The van der Waals surface area contributed by atoms with Crippen LogP contribution < -0.4 is 5.32 Å². The van der Waals surface area contributed by atoms with Gasteiger partial charge in [-0.1, -0.05) is 20.8 Å². The van der Waals surface area contributed by atoms with E-state index in [-0.39, 0.29) is 5.41 Å². The van der Waals surface area contributed by atoms with E-state index in [4.69, 9.17) is 0 Å². The van der Waals surface area contributed by atoms with Gasteiger partial charge >= 0.3 is 0 Å². The maximum atomic E-state index is 4.52.